The van der Waals surface area contributed by atoms with E-state index in [-0.39, 0.29) is 5.56 Å². The maximum atomic E-state index is 12.4. The lowest BCUT2D eigenvalue weighted by Crippen LogP contribution is -2.37. The van der Waals surface area contributed by atoms with Crippen molar-refractivity contribution in [1.29, 1.82) is 5.26 Å². The van der Waals surface area contributed by atoms with Gasteiger partial charge in [-0.05, 0) is 50.0 Å². The van der Waals surface area contributed by atoms with Gasteiger partial charge in [-0.2, -0.15) is 10.4 Å². The highest BCUT2D eigenvalue weighted by Gasteiger charge is 2.22. The summed E-state index contributed by atoms with van der Waals surface area (Å²) in [4.78, 5) is 23.0. The average molecular weight is 350 g/mol. The van der Waals surface area contributed by atoms with E-state index < -0.39 is 0 Å². The average Bonchev–Trinajstić information content (AvgIpc) is 2.69. The first-order chi connectivity index (χ1) is 12.7. The van der Waals surface area contributed by atoms with Crippen LogP contribution in [0.1, 0.15) is 42.6 Å². The fraction of sp³-hybridized carbons (Fsp3) is 0.526. The van der Waals surface area contributed by atoms with Gasteiger partial charge in [0.25, 0.3) is 5.56 Å². The van der Waals surface area contributed by atoms with Crippen LogP contribution in [-0.2, 0) is 19.4 Å². The van der Waals surface area contributed by atoms with Crippen molar-refractivity contribution in [3.63, 3.8) is 0 Å². The number of hydrogen-bond donors (Lipinski definition) is 0. The molecular weight excluding hydrogens is 328 g/mol. The van der Waals surface area contributed by atoms with Crippen LogP contribution >= 0.6 is 0 Å². The molecule has 0 spiro atoms. The van der Waals surface area contributed by atoms with Crippen LogP contribution in [0.5, 0.6) is 0 Å². The topological polar surface area (TPSA) is 87.7 Å². The predicted molar refractivity (Wildman–Crippen MR) is 96.8 cm³/mol. The molecule has 1 aliphatic carbocycles. The molecule has 7 heteroatoms. The minimum Gasteiger partial charge on any atom is -0.355 e. The SMILES string of the molecule is N#Cc1cnc(N2CCC(Cn3nc4c(cc3=O)CCCC4)CC2)cn1. The lowest BCUT2D eigenvalue weighted by Gasteiger charge is -2.32. The summed E-state index contributed by atoms with van der Waals surface area (Å²) in [7, 11) is 0. The molecule has 7 nitrogen and oxygen atoms in total. The third kappa shape index (κ3) is 3.45. The van der Waals surface area contributed by atoms with E-state index >= 15 is 0 Å². The number of anilines is 1. The summed E-state index contributed by atoms with van der Waals surface area (Å²) < 4.78 is 1.67. The maximum Gasteiger partial charge on any atom is 0.267 e. The molecule has 2 aliphatic rings. The number of rotatable bonds is 3. The standard InChI is InChI=1S/C19H22N6O/c20-10-16-11-22-18(12-21-16)24-7-5-14(6-8-24)13-25-19(26)9-15-3-1-2-4-17(15)23-25/h9,11-12,14H,1-8,13H2. The van der Waals surface area contributed by atoms with Gasteiger partial charge >= 0.3 is 0 Å². The Bertz CT molecular complexity index is 874. The molecule has 0 atom stereocenters. The summed E-state index contributed by atoms with van der Waals surface area (Å²) in [6, 6.07) is 3.78. The van der Waals surface area contributed by atoms with Crippen LogP contribution in [0.15, 0.2) is 23.3 Å². The van der Waals surface area contributed by atoms with Crippen molar-refractivity contribution < 1.29 is 0 Å². The first kappa shape index (κ1) is 16.7. The molecule has 1 aliphatic heterocycles. The zero-order valence-corrected chi connectivity index (χ0v) is 14.8. The highest BCUT2D eigenvalue weighted by Crippen LogP contribution is 2.23. The minimum atomic E-state index is 0.0334. The minimum absolute atomic E-state index is 0.0334. The molecule has 134 valence electrons. The normalized spacial score (nSPS) is 17.6. The predicted octanol–water partition coefficient (Wildman–Crippen LogP) is 1.70. The molecule has 26 heavy (non-hydrogen) atoms. The Morgan fingerprint density at radius 3 is 2.69 bits per heavy atom. The summed E-state index contributed by atoms with van der Waals surface area (Å²) in [5.74, 6) is 1.26. The van der Waals surface area contributed by atoms with Gasteiger partial charge in [0.2, 0.25) is 0 Å². The first-order valence-electron chi connectivity index (χ1n) is 9.30. The van der Waals surface area contributed by atoms with E-state index in [2.05, 4.69) is 20.0 Å². The number of fused-ring (bicyclic) bond motifs is 1. The van der Waals surface area contributed by atoms with Gasteiger partial charge in [-0.1, -0.05) is 0 Å². The van der Waals surface area contributed by atoms with Crippen LogP contribution in [0.4, 0.5) is 5.82 Å². The molecule has 0 unspecified atom stereocenters. The Kier molecular flexibility index (Phi) is 4.65. The summed E-state index contributed by atoms with van der Waals surface area (Å²) in [6.45, 7) is 2.45. The largest absolute Gasteiger partial charge is 0.355 e. The molecule has 2 aromatic rings. The van der Waals surface area contributed by atoms with Gasteiger partial charge in [-0.25, -0.2) is 14.6 Å². The Balaban J connectivity index is 1.39. The van der Waals surface area contributed by atoms with E-state index in [1.165, 1.54) is 12.6 Å². The lowest BCUT2D eigenvalue weighted by molar-refractivity contribution is 0.331. The molecule has 4 rings (SSSR count). The van der Waals surface area contributed by atoms with Gasteiger partial charge in [-0.15, -0.1) is 0 Å². The van der Waals surface area contributed by atoms with Crippen molar-refractivity contribution in [2.45, 2.75) is 45.1 Å². The van der Waals surface area contributed by atoms with E-state index in [4.69, 9.17) is 5.26 Å². The second kappa shape index (κ2) is 7.24. The molecule has 0 radical (unpaired) electrons. The molecule has 0 N–H and O–H groups in total. The number of nitrogens with zero attached hydrogens (tertiary/aromatic N) is 6. The molecule has 2 aromatic heterocycles. The number of aromatic nitrogens is 4. The van der Waals surface area contributed by atoms with E-state index in [0.29, 0.717) is 18.2 Å². The highest BCUT2D eigenvalue weighted by atomic mass is 16.1. The molecule has 3 heterocycles. The molecule has 0 aromatic carbocycles. The van der Waals surface area contributed by atoms with Gasteiger partial charge in [0.15, 0.2) is 5.69 Å². The van der Waals surface area contributed by atoms with Crippen molar-refractivity contribution in [1.82, 2.24) is 19.7 Å². The fourth-order valence-corrected chi connectivity index (χ4v) is 3.86. The Labute approximate surface area is 152 Å². The van der Waals surface area contributed by atoms with E-state index in [9.17, 15) is 4.79 Å². The van der Waals surface area contributed by atoms with Crippen LogP contribution in [0.2, 0.25) is 0 Å². The number of aryl methyl sites for hydroxylation is 2. The number of hydrogen-bond acceptors (Lipinski definition) is 6. The van der Waals surface area contributed by atoms with Crippen molar-refractivity contribution in [2.75, 3.05) is 18.0 Å². The maximum absolute atomic E-state index is 12.4. The Morgan fingerprint density at radius 1 is 1.15 bits per heavy atom. The zero-order valence-electron chi connectivity index (χ0n) is 14.8. The van der Waals surface area contributed by atoms with E-state index in [1.54, 1.807) is 16.9 Å². The molecule has 0 bridgehead atoms. The number of piperidine rings is 1. The summed E-state index contributed by atoms with van der Waals surface area (Å²) >= 11 is 0. The van der Waals surface area contributed by atoms with Crippen LogP contribution in [0.3, 0.4) is 0 Å². The van der Waals surface area contributed by atoms with Gasteiger partial charge in [-0.3, -0.25) is 4.79 Å². The van der Waals surface area contributed by atoms with Gasteiger partial charge < -0.3 is 4.90 Å². The molecule has 1 saturated heterocycles. The van der Waals surface area contributed by atoms with Crippen LogP contribution in [-0.4, -0.2) is 32.8 Å². The zero-order chi connectivity index (χ0) is 17.9. The summed E-state index contributed by atoms with van der Waals surface area (Å²) in [5, 5.41) is 13.5. The van der Waals surface area contributed by atoms with Crippen molar-refractivity contribution in [3.8, 4) is 6.07 Å². The third-order valence-electron chi connectivity index (χ3n) is 5.40. The van der Waals surface area contributed by atoms with Crippen molar-refractivity contribution in [2.24, 2.45) is 5.92 Å². The second-order valence-electron chi connectivity index (χ2n) is 7.15. The summed E-state index contributed by atoms with van der Waals surface area (Å²) in [5.41, 5.74) is 2.63. The molecule has 0 saturated carbocycles. The first-order valence-corrected chi connectivity index (χ1v) is 9.30. The van der Waals surface area contributed by atoms with Crippen molar-refractivity contribution in [3.05, 3.63) is 45.8 Å². The van der Waals surface area contributed by atoms with E-state index in [1.807, 2.05) is 6.07 Å². The van der Waals surface area contributed by atoms with Gasteiger partial charge in [0.1, 0.15) is 11.9 Å². The van der Waals surface area contributed by atoms with Gasteiger partial charge in [0, 0.05) is 25.7 Å². The highest BCUT2D eigenvalue weighted by molar-refractivity contribution is 5.37. The quantitative estimate of drug-likeness (QED) is 0.837. The molecule has 1 fully saturated rings. The van der Waals surface area contributed by atoms with Crippen LogP contribution in [0.25, 0.3) is 0 Å². The Hall–Kier alpha value is -2.75. The molecule has 0 amide bonds. The summed E-state index contributed by atoms with van der Waals surface area (Å²) in [6.07, 6.45) is 9.47. The van der Waals surface area contributed by atoms with E-state index in [0.717, 1.165) is 62.3 Å². The monoisotopic (exact) mass is 350 g/mol. The van der Waals surface area contributed by atoms with Gasteiger partial charge in [0.05, 0.1) is 18.1 Å². The smallest absolute Gasteiger partial charge is 0.267 e. The fourth-order valence-electron chi connectivity index (χ4n) is 3.86. The van der Waals surface area contributed by atoms with Crippen molar-refractivity contribution >= 4 is 5.82 Å². The number of nitriles is 1. The third-order valence-corrected chi connectivity index (χ3v) is 5.40. The molecular formula is C19H22N6O. The van der Waals surface area contributed by atoms with Crippen LogP contribution < -0.4 is 10.5 Å². The Morgan fingerprint density at radius 2 is 1.96 bits per heavy atom. The van der Waals surface area contributed by atoms with Crippen LogP contribution in [0, 0.1) is 17.2 Å². The lowest BCUT2D eigenvalue weighted by atomic mass is 9.96. The second-order valence-corrected chi connectivity index (χ2v) is 7.15.